The summed E-state index contributed by atoms with van der Waals surface area (Å²) in [7, 11) is 0. The fourth-order valence-corrected chi connectivity index (χ4v) is 2.20. The van der Waals surface area contributed by atoms with E-state index in [1.807, 2.05) is 18.4 Å². The minimum Gasteiger partial charge on any atom is -0.374 e. The average Bonchev–Trinajstić information content (AvgIpc) is 2.76. The molecule has 0 fully saturated rings. The van der Waals surface area contributed by atoms with Crippen LogP contribution in [0.2, 0.25) is 5.15 Å². The number of pyridine rings is 1. The Hall–Kier alpha value is -1.13. The van der Waals surface area contributed by atoms with Crippen molar-refractivity contribution in [1.82, 2.24) is 9.97 Å². The lowest BCUT2D eigenvalue weighted by Crippen LogP contribution is -2.07. The van der Waals surface area contributed by atoms with Gasteiger partial charge in [-0.05, 0) is 25.5 Å². The maximum Gasteiger partial charge on any atom is 0.152 e. The lowest BCUT2D eigenvalue weighted by atomic mass is 10.2. The number of hydrogen-bond donors (Lipinski definition) is 1. The Bertz CT molecular complexity index is 470. The van der Waals surface area contributed by atoms with Gasteiger partial charge in [0.1, 0.15) is 5.01 Å². The molecule has 0 aliphatic heterocycles. The number of nitrogens with one attached hydrogen (secondary N) is 1. The number of hydrogen-bond acceptors (Lipinski definition) is 4. The summed E-state index contributed by atoms with van der Waals surface area (Å²) < 4.78 is 0. The van der Waals surface area contributed by atoms with Crippen molar-refractivity contribution in [2.45, 2.75) is 19.9 Å². The number of rotatable bonds is 3. The molecule has 0 spiro atoms. The summed E-state index contributed by atoms with van der Waals surface area (Å²) in [6.45, 7) is 4.04. The maximum absolute atomic E-state index is 6.01. The lowest BCUT2D eigenvalue weighted by molar-refractivity contribution is 0.868. The highest BCUT2D eigenvalue weighted by atomic mass is 35.5. The maximum atomic E-state index is 6.01. The summed E-state index contributed by atoms with van der Waals surface area (Å²) in [4.78, 5) is 8.36. The second-order valence-corrected chi connectivity index (χ2v) is 4.87. The van der Waals surface area contributed by atoms with E-state index < -0.39 is 0 Å². The summed E-state index contributed by atoms with van der Waals surface area (Å²) >= 11 is 7.63. The Morgan fingerprint density at radius 2 is 2.25 bits per heavy atom. The van der Waals surface area contributed by atoms with E-state index in [1.54, 1.807) is 23.7 Å². The Kier molecular flexibility index (Phi) is 3.41. The zero-order valence-electron chi connectivity index (χ0n) is 9.07. The van der Waals surface area contributed by atoms with Gasteiger partial charge >= 0.3 is 0 Å². The smallest absolute Gasteiger partial charge is 0.152 e. The van der Waals surface area contributed by atoms with Crippen molar-refractivity contribution in [1.29, 1.82) is 0 Å². The fourth-order valence-electron chi connectivity index (χ4n) is 1.40. The van der Waals surface area contributed by atoms with Crippen molar-refractivity contribution in [2.24, 2.45) is 0 Å². The molecule has 1 unspecified atom stereocenters. The second kappa shape index (κ2) is 4.80. The molecule has 2 rings (SSSR count). The Labute approximate surface area is 104 Å². The van der Waals surface area contributed by atoms with Crippen LogP contribution >= 0.6 is 22.9 Å². The van der Waals surface area contributed by atoms with Gasteiger partial charge in [-0.15, -0.1) is 11.3 Å². The summed E-state index contributed by atoms with van der Waals surface area (Å²) in [6, 6.07) is 2.13. The molecule has 2 heterocycles. The summed E-state index contributed by atoms with van der Waals surface area (Å²) in [6.07, 6.45) is 3.55. The highest BCUT2D eigenvalue weighted by Gasteiger charge is 2.10. The molecule has 2 aromatic rings. The summed E-state index contributed by atoms with van der Waals surface area (Å²) in [5.41, 5.74) is 1.93. The highest BCUT2D eigenvalue weighted by molar-refractivity contribution is 7.09. The van der Waals surface area contributed by atoms with Gasteiger partial charge in [0.2, 0.25) is 0 Å². The first-order valence-electron chi connectivity index (χ1n) is 4.95. The van der Waals surface area contributed by atoms with E-state index in [4.69, 9.17) is 11.6 Å². The molecule has 0 radical (unpaired) electrons. The van der Waals surface area contributed by atoms with Crippen molar-refractivity contribution >= 4 is 28.6 Å². The SMILES string of the molecule is Cc1cnc(Cl)c(NC(C)c2nccs2)c1. The third-order valence-electron chi connectivity index (χ3n) is 2.17. The summed E-state index contributed by atoms with van der Waals surface area (Å²) in [5, 5.41) is 6.80. The molecule has 2 aromatic heterocycles. The van der Waals surface area contributed by atoms with Crippen molar-refractivity contribution in [3.8, 4) is 0 Å². The summed E-state index contributed by atoms with van der Waals surface area (Å²) in [5.74, 6) is 0. The second-order valence-electron chi connectivity index (χ2n) is 3.59. The molecule has 0 saturated carbocycles. The van der Waals surface area contributed by atoms with E-state index in [0.29, 0.717) is 5.15 Å². The van der Waals surface area contributed by atoms with Crippen LogP contribution in [0, 0.1) is 6.92 Å². The lowest BCUT2D eigenvalue weighted by Gasteiger charge is -2.13. The molecule has 3 nitrogen and oxygen atoms in total. The van der Waals surface area contributed by atoms with Gasteiger partial charge in [0.25, 0.3) is 0 Å². The third kappa shape index (κ3) is 2.51. The first kappa shape index (κ1) is 11.4. The van der Waals surface area contributed by atoms with Gasteiger partial charge in [-0.2, -0.15) is 0 Å². The molecular formula is C11H12ClN3S. The predicted octanol–water partition coefficient (Wildman–Crippen LogP) is 3.67. The first-order chi connectivity index (χ1) is 7.66. The molecule has 1 atom stereocenters. The van der Waals surface area contributed by atoms with E-state index >= 15 is 0 Å². The molecule has 0 aliphatic rings. The number of aromatic nitrogens is 2. The fraction of sp³-hybridized carbons (Fsp3) is 0.273. The molecule has 84 valence electrons. The number of thiazole rings is 1. The van der Waals surface area contributed by atoms with Crippen LogP contribution in [0.4, 0.5) is 5.69 Å². The molecule has 0 amide bonds. The Morgan fingerprint density at radius 3 is 2.94 bits per heavy atom. The molecule has 0 aliphatic carbocycles. The Morgan fingerprint density at radius 1 is 1.44 bits per heavy atom. The van der Waals surface area contributed by atoms with E-state index in [1.165, 1.54) is 0 Å². The number of nitrogens with zero attached hydrogens (tertiary/aromatic N) is 2. The number of halogens is 1. The quantitative estimate of drug-likeness (QED) is 0.848. The molecule has 0 bridgehead atoms. The van der Waals surface area contributed by atoms with E-state index in [0.717, 1.165) is 16.3 Å². The number of anilines is 1. The first-order valence-corrected chi connectivity index (χ1v) is 6.20. The topological polar surface area (TPSA) is 37.8 Å². The molecule has 0 aromatic carbocycles. The van der Waals surface area contributed by atoms with Gasteiger partial charge in [-0.25, -0.2) is 9.97 Å². The van der Waals surface area contributed by atoms with Crippen molar-refractivity contribution in [3.63, 3.8) is 0 Å². The molecule has 0 saturated heterocycles. The third-order valence-corrected chi connectivity index (χ3v) is 3.43. The minimum absolute atomic E-state index is 0.140. The van der Waals surface area contributed by atoms with E-state index in [9.17, 15) is 0 Å². The predicted molar refractivity (Wildman–Crippen MR) is 68.1 cm³/mol. The van der Waals surface area contributed by atoms with Crippen LogP contribution in [0.3, 0.4) is 0 Å². The average molecular weight is 254 g/mol. The van der Waals surface area contributed by atoms with Crippen LogP contribution in [-0.2, 0) is 0 Å². The molecular weight excluding hydrogens is 242 g/mol. The molecule has 16 heavy (non-hydrogen) atoms. The van der Waals surface area contributed by atoms with Crippen LogP contribution in [0.25, 0.3) is 0 Å². The van der Waals surface area contributed by atoms with Gasteiger partial charge in [0.15, 0.2) is 5.15 Å². The van der Waals surface area contributed by atoms with E-state index in [-0.39, 0.29) is 6.04 Å². The Balaban J connectivity index is 2.17. The molecule has 1 N–H and O–H groups in total. The van der Waals surface area contributed by atoms with E-state index in [2.05, 4.69) is 22.2 Å². The zero-order chi connectivity index (χ0) is 11.5. The number of aryl methyl sites for hydroxylation is 1. The van der Waals surface area contributed by atoms with Gasteiger partial charge in [-0.3, -0.25) is 0 Å². The highest BCUT2D eigenvalue weighted by Crippen LogP contribution is 2.25. The van der Waals surface area contributed by atoms with Gasteiger partial charge in [-0.1, -0.05) is 11.6 Å². The van der Waals surface area contributed by atoms with Crippen molar-refractivity contribution < 1.29 is 0 Å². The van der Waals surface area contributed by atoms with Crippen LogP contribution in [0.1, 0.15) is 23.5 Å². The largest absolute Gasteiger partial charge is 0.374 e. The van der Waals surface area contributed by atoms with Crippen molar-refractivity contribution in [2.75, 3.05) is 5.32 Å². The molecule has 5 heteroatoms. The van der Waals surface area contributed by atoms with Crippen LogP contribution < -0.4 is 5.32 Å². The van der Waals surface area contributed by atoms with Crippen molar-refractivity contribution in [3.05, 3.63) is 39.6 Å². The van der Waals surface area contributed by atoms with Crippen LogP contribution in [0.5, 0.6) is 0 Å². The van der Waals surface area contributed by atoms with Crippen LogP contribution in [-0.4, -0.2) is 9.97 Å². The van der Waals surface area contributed by atoms with Crippen LogP contribution in [0.15, 0.2) is 23.8 Å². The standard InChI is InChI=1S/C11H12ClN3S/c1-7-5-9(10(12)14-6-7)15-8(2)11-13-3-4-16-11/h3-6,8,15H,1-2H3. The normalized spacial score (nSPS) is 12.4. The monoisotopic (exact) mass is 253 g/mol. The van der Waals surface area contributed by atoms with Gasteiger partial charge in [0, 0.05) is 17.8 Å². The zero-order valence-corrected chi connectivity index (χ0v) is 10.6. The minimum atomic E-state index is 0.140. The van der Waals surface area contributed by atoms with Gasteiger partial charge < -0.3 is 5.32 Å². The van der Waals surface area contributed by atoms with Gasteiger partial charge in [0.05, 0.1) is 11.7 Å².